The van der Waals surface area contributed by atoms with Gasteiger partial charge in [0.15, 0.2) is 28.8 Å². The van der Waals surface area contributed by atoms with Crippen molar-refractivity contribution in [2.75, 3.05) is 46.1 Å². The summed E-state index contributed by atoms with van der Waals surface area (Å²) < 4.78 is 23.1. The molecule has 0 radical (unpaired) electrons. The number of hydrogen-bond acceptors (Lipinski definition) is 10. The van der Waals surface area contributed by atoms with E-state index in [1.807, 2.05) is 94.4 Å². The van der Waals surface area contributed by atoms with Gasteiger partial charge >= 0.3 is 5.97 Å². The molecule has 2 heterocycles. The highest BCUT2D eigenvalue weighted by Crippen LogP contribution is 2.32. The molecule has 0 unspecified atom stereocenters. The van der Waals surface area contributed by atoms with Gasteiger partial charge in [0, 0.05) is 30.2 Å². The van der Waals surface area contributed by atoms with E-state index in [0.29, 0.717) is 75.4 Å². The molecule has 2 N–H and O–H groups in total. The summed E-state index contributed by atoms with van der Waals surface area (Å²) in [7, 11) is 0. The van der Waals surface area contributed by atoms with Gasteiger partial charge in [-0.1, -0.05) is 108 Å². The van der Waals surface area contributed by atoms with Crippen LogP contribution >= 0.6 is 0 Å². The summed E-state index contributed by atoms with van der Waals surface area (Å²) >= 11 is 0. The Bertz CT molecular complexity index is 2240. The van der Waals surface area contributed by atoms with Gasteiger partial charge in [-0.2, -0.15) is 0 Å². The molecular formula is C56H74N3O10+. The molecule has 5 rings (SSSR count). The Balaban J connectivity index is 1.37. The fourth-order valence-electron chi connectivity index (χ4n) is 8.89. The van der Waals surface area contributed by atoms with E-state index in [2.05, 4.69) is 16.6 Å². The first-order valence-electron chi connectivity index (χ1n) is 24.6. The third kappa shape index (κ3) is 17.1. The van der Waals surface area contributed by atoms with E-state index in [4.69, 9.17) is 25.4 Å². The van der Waals surface area contributed by atoms with Crippen molar-refractivity contribution in [3.8, 4) is 23.8 Å². The van der Waals surface area contributed by atoms with Gasteiger partial charge in [-0.05, 0) is 80.2 Å². The monoisotopic (exact) mass is 949 g/mol. The molecule has 2 aliphatic heterocycles. The lowest BCUT2D eigenvalue weighted by molar-refractivity contribution is -0.940. The maximum absolute atomic E-state index is 14.6. The Morgan fingerprint density at radius 1 is 0.754 bits per heavy atom. The van der Waals surface area contributed by atoms with Gasteiger partial charge in [-0.15, -0.1) is 6.42 Å². The minimum atomic E-state index is -0.937. The summed E-state index contributed by atoms with van der Waals surface area (Å²) in [6.07, 6.45) is 7.21. The predicted octanol–water partition coefficient (Wildman–Crippen LogP) is 7.05. The number of amides is 2. The predicted molar refractivity (Wildman–Crippen MR) is 264 cm³/mol. The van der Waals surface area contributed by atoms with Gasteiger partial charge in [0.2, 0.25) is 11.8 Å². The van der Waals surface area contributed by atoms with E-state index in [1.165, 1.54) is 0 Å². The van der Waals surface area contributed by atoms with Gasteiger partial charge in [-0.3, -0.25) is 28.8 Å². The van der Waals surface area contributed by atoms with Crippen molar-refractivity contribution in [3.63, 3.8) is 0 Å². The number of hydrogen-bond donors (Lipinski definition) is 2. The zero-order valence-electron chi connectivity index (χ0n) is 41.8. The van der Waals surface area contributed by atoms with E-state index in [-0.39, 0.29) is 73.3 Å². The number of morpholine rings is 1. The number of ether oxygens (including phenoxy) is 4. The molecular weight excluding hydrogens is 875 g/mol. The Hall–Kier alpha value is -5.68. The third-order valence-corrected chi connectivity index (χ3v) is 12.9. The zero-order chi connectivity index (χ0) is 50.1. The molecule has 0 aromatic heterocycles. The molecule has 0 saturated carbocycles. The first kappa shape index (κ1) is 54.3. The SMILES string of the molecule is C#CCOc1cc(C[N+]2(CC(=O)C[C@@H](CCc3ccccc3)C(=O)N[C@@H](CC(C)C)C(=O)C[C@@H](Cc3ccccc3)C(=O)N[C@@H](CC(C)C)C(=O)[C@@]3(C)CO3)CCOCC2)ccc1OC(=O)C(C)C. The van der Waals surface area contributed by atoms with Crippen LogP contribution in [0.1, 0.15) is 97.3 Å². The van der Waals surface area contributed by atoms with Crippen LogP contribution in [0.2, 0.25) is 0 Å². The lowest BCUT2D eigenvalue weighted by Gasteiger charge is -2.41. The van der Waals surface area contributed by atoms with Crippen LogP contribution < -0.4 is 20.1 Å². The molecule has 69 heavy (non-hydrogen) atoms. The maximum atomic E-state index is 14.6. The van der Waals surface area contributed by atoms with E-state index in [9.17, 15) is 28.8 Å². The van der Waals surface area contributed by atoms with Gasteiger partial charge in [0.05, 0.1) is 37.8 Å². The molecule has 0 bridgehead atoms. The number of epoxide rings is 1. The molecule has 3 aromatic carbocycles. The minimum absolute atomic E-state index is 0.0110. The first-order valence-corrected chi connectivity index (χ1v) is 24.6. The van der Waals surface area contributed by atoms with Crippen LogP contribution in [0.15, 0.2) is 78.9 Å². The van der Waals surface area contributed by atoms with Crippen molar-refractivity contribution in [2.45, 2.75) is 118 Å². The molecule has 0 spiro atoms. The third-order valence-electron chi connectivity index (χ3n) is 12.9. The number of nitrogens with zero attached hydrogens (tertiary/aromatic N) is 1. The van der Waals surface area contributed by atoms with Crippen molar-refractivity contribution in [1.29, 1.82) is 0 Å². The van der Waals surface area contributed by atoms with Crippen LogP contribution in [0.4, 0.5) is 0 Å². The van der Waals surface area contributed by atoms with Gasteiger partial charge in [0.25, 0.3) is 0 Å². The second-order valence-electron chi connectivity index (χ2n) is 20.4. The standard InChI is InChI=1S/C56H73N3O10/c1-9-26-67-51-32-43(21-23-50(51)69-55(65)40(6)7)35-59(24-27-66-28-25-59)36-46(60)33-44(22-20-41-16-12-10-13-17-41)53(63)57-47(29-38(2)3)49(61)34-45(31-42-18-14-11-15-19-42)54(64)58-48(30-39(4)5)52(62)56(8)37-68-56/h1,10-19,21,23,32,38-40,44-45,47-48H,20,22,24-31,33-37H2,2-8H3,(H-,57,58,63,64)/p+1/t44-,45-,47+,48+,56-/m1/s1. The number of carbonyl (C=O) groups excluding carboxylic acids is 6. The molecule has 5 atom stereocenters. The molecule has 3 aromatic rings. The van der Waals surface area contributed by atoms with Crippen LogP contribution in [0.3, 0.4) is 0 Å². The Kier molecular flexibility index (Phi) is 20.3. The largest absolute Gasteiger partial charge is 0.477 e. The van der Waals surface area contributed by atoms with Gasteiger partial charge in [-0.25, -0.2) is 0 Å². The number of quaternary nitrogens is 1. The number of terminal acetylenes is 1. The molecule has 2 aliphatic rings. The molecule has 2 amide bonds. The number of carbonyl (C=O) groups is 6. The number of esters is 1. The van der Waals surface area contributed by atoms with Gasteiger partial charge in [0.1, 0.15) is 38.4 Å². The molecule has 372 valence electrons. The highest BCUT2D eigenvalue weighted by atomic mass is 16.6. The van der Waals surface area contributed by atoms with Crippen LogP contribution in [0, 0.1) is 41.9 Å². The summed E-state index contributed by atoms with van der Waals surface area (Å²) in [6.45, 7) is 16.0. The smallest absolute Gasteiger partial charge is 0.313 e. The number of aryl methyl sites for hydroxylation is 1. The average molecular weight is 949 g/mol. The van der Waals surface area contributed by atoms with E-state index >= 15 is 0 Å². The number of Topliss-reactive ketones (excluding diaryl/α,β-unsaturated/α-hetero) is 3. The first-order chi connectivity index (χ1) is 32.9. The van der Waals surface area contributed by atoms with Crippen LogP contribution in [0.25, 0.3) is 0 Å². The van der Waals surface area contributed by atoms with Gasteiger partial charge < -0.3 is 34.1 Å². The lowest BCUT2D eigenvalue weighted by Crippen LogP contribution is -2.57. The quantitative estimate of drug-likeness (QED) is 0.0253. The summed E-state index contributed by atoms with van der Waals surface area (Å²) in [5, 5.41) is 6.08. The van der Waals surface area contributed by atoms with Crippen molar-refractivity contribution in [3.05, 3.63) is 95.6 Å². The number of rotatable bonds is 28. The summed E-state index contributed by atoms with van der Waals surface area (Å²) in [6, 6.07) is 22.9. The van der Waals surface area contributed by atoms with E-state index < -0.39 is 47.3 Å². The van der Waals surface area contributed by atoms with E-state index in [0.717, 1.165) is 16.7 Å². The topological polar surface area (TPSA) is 167 Å². The van der Waals surface area contributed by atoms with Crippen molar-refractivity contribution in [2.24, 2.45) is 29.6 Å². The summed E-state index contributed by atoms with van der Waals surface area (Å²) in [4.78, 5) is 84.0. The van der Waals surface area contributed by atoms with Crippen molar-refractivity contribution < 1.29 is 52.2 Å². The Morgan fingerprint density at radius 2 is 1.35 bits per heavy atom. The Labute approximate surface area is 409 Å². The second kappa shape index (κ2) is 25.8. The maximum Gasteiger partial charge on any atom is 0.313 e. The highest BCUT2D eigenvalue weighted by molar-refractivity contribution is 5.98. The van der Waals surface area contributed by atoms with E-state index in [1.54, 1.807) is 32.9 Å². The summed E-state index contributed by atoms with van der Waals surface area (Å²) in [5.74, 6) is -0.536. The summed E-state index contributed by atoms with van der Waals surface area (Å²) in [5.41, 5.74) is 1.79. The average Bonchev–Trinajstić information content (AvgIpc) is 4.07. The van der Waals surface area contributed by atoms with Crippen LogP contribution in [0.5, 0.6) is 11.5 Å². The van der Waals surface area contributed by atoms with Crippen LogP contribution in [-0.2, 0) is 57.6 Å². The normalized spacial score (nSPS) is 18.0. The highest BCUT2D eigenvalue weighted by Gasteiger charge is 2.50. The lowest BCUT2D eigenvalue weighted by atomic mass is 9.87. The number of benzene rings is 3. The fourth-order valence-corrected chi connectivity index (χ4v) is 8.89. The number of nitrogens with one attached hydrogen (secondary N) is 2. The molecule has 13 heteroatoms. The Morgan fingerprint density at radius 3 is 1.94 bits per heavy atom. The molecule has 13 nitrogen and oxygen atoms in total. The zero-order valence-corrected chi connectivity index (χ0v) is 41.8. The fraction of sp³-hybridized carbons (Fsp3) is 0.536. The molecule has 2 fully saturated rings. The molecule has 0 aliphatic carbocycles. The molecule has 2 saturated heterocycles. The van der Waals surface area contributed by atoms with Crippen molar-refractivity contribution in [1.82, 2.24) is 10.6 Å². The minimum Gasteiger partial charge on any atom is -0.477 e. The van der Waals surface area contributed by atoms with Crippen LogP contribution in [-0.4, -0.2) is 103 Å². The van der Waals surface area contributed by atoms with Crippen molar-refractivity contribution >= 4 is 35.1 Å². The second-order valence-corrected chi connectivity index (χ2v) is 20.4. The number of ketones is 3.